The van der Waals surface area contributed by atoms with E-state index in [2.05, 4.69) is 35.2 Å². The first-order valence-corrected chi connectivity index (χ1v) is 14.1. The number of morpholine rings is 3. The molecular formula is C23H30Cl3N9O6. The molecule has 0 spiro atoms. The molecule has 0 atom stereocenters. The van der Waals surface area contributed by atoms with E-state index in [-0.39, 0.29) is 46.8 Å². The van der Waals surface area contributed by atoms with E-state index in [1.165, 1.54) is 4.90 Å². The summed E-state index contributed by atoms with van der Waals surface area (Å²) in [6, 6.07) is 0. The highest BCUT2D eigenvalue weighted by molar-refractivity contribution is 6.31. The summed E-state index contributed by atoms with van der Waals surface area (Å²) in [6.07, 6.45) is 1.83. The Hall–Kier alpha value is -2.53. The van der Waals surface area contributed by atoms with Gasteiger partial charge in [0.15, 0.2) is 0 Å². The largest absolute Gasteiger partial charge is 0.381 e. The lowest BCUT2D eigenvalue weighted by atomic mass is 10.00. The number of hydrogen-bond acceptors (Lipinski definition) is 13. The summed E-state index contributed by atoms with van der Waals surface area (Å²) in [5.74, 6) is 1.54. The Morgan fingerprint density at radius 2 is 1.27 bits per heavy atom. The van der Waals surface area contributed by atoms with Crippen molar-refractivity contribution >= 4 is 58.5 Å². The lowest BCUT2D eigenvalue weighted by Gasteiger charge is -2.28. The van der Waals surface area contributed by atoms with Crippen LogP contribution < -0.4 is 15.1 Å². The fourth-order valence-corrected chi connectivity index (χ4v) is 4.57. The number of hydrogen-bond donors (Lipinski definition) is 1. The second-order valence-corrected chi connectivity index (χ2v) is 9.94. The van der Waals surface area contributed by atoms with Crippen LogP contribution >= 0.6 is 34.8 Å². The molecule has 6 rings (SSSR count). The molecule has 6 heterocycles. The number of amides is 2. The summed E-state index contributed by atoms with van der Waals surface area (Å²) in [4.78, 5) is 49.8. The first-order valence-electron chi connectivity index (χ1n) is 13.0. The minimum Gasteiger partial charge on any atom is -0.381 e. The SMILES string of the molecule is Clc1nc(Cl)nc(C2CCOCC2)n1.O=C1COCCN1.O=C1COCCN1c1nc(Cl)nc(N2CCOCC2)n1. The van der Waals surface area contributed by atoms with Crippen molar-refractivity contribution in [2.75, 3.05) is 88.8 Å². The van der Waals surface area contributed by atoms with Crippen molar-refractivity contribution in [3.8, 4) is 0 Å². The maximum absolute atomic E-state index is 11.8. The van der Waals surface area contributed by atoms with Crippen LogP contribution in [0.25, 0.3) is 0 Å². The number of ether oxygens (including phenoxy) is 4. The van der Waals surface area contributed by atoms with Gasteiger partial charge in [0.25, 0.3) is 5.91 Å². The molecule has 224 valence electrons. The van der Waals surface area contributed by atoms with Gasteiger partial charge in [0.1, 0.15) is 19.0 Å². The molecule has 4 fully saturated rings. The van der Waals surface area contributed by atoms with Crippen molar-refractivity contribution < 1.29 is 28.5 Å². The average molecular weight is 635 g/mol. The van der Waals surface area contributed by atoms with Gasteiger partial charge in [-0.25, -0.2) is 9.97 Å². The molecular weight excluding hydrogens is 605 g/mol. The predicted molar refractivity (Wildman–Crippen MR) is 148 cm³/mol. The molecule has 2 aromatic heterocycles. The third-order valence-corrected chi connectivity index (χ3v) is 6.60. The van der Waals surface area contributed by atoms with Crippen LogP contribution in [0.3, 0.4) is 0 Å². The maximum atomic E-state index is 11.8. The molecule has 0 unspecified atom stereocenters. The first-order chi connectivity index (χ1) is 19.9. The zero-order valence-corrected chi connectivity index (χ0v) is 24.4. The van der Waals surface area contributed by atoms with Crippen molar-refractivity contribution in [2.24, 2.45) is 0 Å². The lowest BCUT2D eigenvalue weighted by Crippen LogP contribution is -2.43. The summed E-state index contributed by atoms with van der Waals surface area (Å²) >= 11 is 17.3. The molecule has 41 heavy (non-hydrogen) atoms. The van der Waals surface area contributed by atoms with Crippen LogP contribution in [0.4, 0.5) is 11.9 Å². The van der Waals surface area contributed by atoms with Crippen LogP contribution in [0, 0.1) is 0 Å². The van der Waals surface area contributed by atoms with Gasteiger partial charge in [-0.2, -0.15) is 19.9 Å². The number of nitrogens with zero attached hydrogens (tertiary/aromatic N) is 8. The third kappa shape index (κ3) is 10.1. The van der Waals surface area contributed by atoms with Crippen molar-refractivity contribution in [1.29, 1.82) is 0 Å². The Labute approximate surface area is 251 Å². The molecule has 0 aliphatic carbocycles. The van der Waals surface area contributed by atoms with E-state index in [0.29, 0.717) is 70.3 Å². The fourth-order valence-electron chi connectivity index (χ4n) is 4.04. The number of carbonyl (C=O) groups excluding carboxylic acids is 2. The van der Waals surface area contributed by atoms with Crippen molar-refractivity contribution in [2.45, 2.75) is 18.8 Å². The molecule has 0 saturated carbocycles. The standard InChI is InChI=1S/C11H14ClN5O3.C8H9Cl2N3O.C4H7NO2/c12-9-13-10(16-1-4-19-5-2-16)15-11(14-9)17-3-6-20-7-8(17)18;9-7-11-6(12-8(10)13-7)5-1-3-14-4-2-5;6-4-3-7-2-1-5-4/h1-7H2;5H,1-4H2;1-3H2,(H,5,6). The highest BCUT2D eigenvalue weighted by Gasteiger charge is 2.25. The molecule has 1 N–H and O–H groups in total. The van der Waals surface area contributed by atoms with E-state index in [1.807, 2.05) is 4.90 Å². The maximum Gasteiger partial charge on any atom is 0.255 e. The van der Waals surface area contributed by atoms with Crippen molar-refractivity contribution in [1.82, 2.24) is 35.2 Å². The molecule has 15 nitrogen and oxygen atoms in total. The quantitative estimate of drug-likeness (QED) is 0.507. The zero-order valence-electron chi connectivity index (χ0n) is 22.1. The summed E-state index contributed by atoms with van der Waals surface area (Å²) < 4.78 is 20.4. The van der Waals surface area contributed by atoms with Gasteiger partial charge in [-0.1, -0.05) is 0 Å². The molecule has 2 aromatic rings. The molecule has 0 radical (unpaired) electrons. The van der Waals surface area contributed by atoms with Crippen molar-refractivity contribution in [3.63, 3.8) is 0 Å². The summed E-state index contributed by atoms with van der Waals surface area (Å²) in [5.41, 5.74) is 0. The van der Waals surface area contributed by atoms with E-state index >= 15 is 0 Å². The minimum atomic E-state index is -0.175. The molecule has 4 aliphatic heterocycles. The van der Waals surface area contributed by atoms with Gasteiger partial charge >= 0.3 is 0 Å². The minimum absolute atomic E-state index is 0.00810. The Morgan fingerprint density at radius 1 is 0.659 bits per heavy atom. The second-order valence-electron chi connectivity index (χ2n) is 8.92. The van der Waals surface area contributed by atoms with Crippen LogP contribution in [-0.2, 0) is 28.5 Å². The van der Waals surface area contributed by atoms with Gasteiger partial charge in [0.2, 0.25) is 33.7 Å². The Balaban J connectivity index is 0.000000159. The topological polar surface area (TPSA) is 167 Å². The molecule has 0 aromatic carbocycles. The van der Waals surface area contributed by atoms with Crippen LogP contribution in [0.2, 0.25) is 15.9 Å². The number of halogens is 3. The Morgan fingerprint density at radius 3 is 1.88 bits per heavy atom. The van der Waals surface area contributed by atoms with Crippen LogP contribution in [0.1, 0.15) is 24.6 Å². The zero-order chi connectivity index (χ0) is 29.0. The third-order valence-electron chi connectivity index (χ3n) is 6.09. The van der Waals surface area contributed by atoms with Crippen LogP contribution in [-0.4, -0.2) is 121 Å². The van der Waals surface area contributed by atoms with Gasteiger partial charge in [0, 0.05) is 38.8 Å². The van der Waals surface area contributed by atoms with Gasteiger partial charge in [-0.05, 0) is 47.6 Å². The van der Waals surface area contributed by atoms with E-state index in [1.54, 1.807) is 0 Å². The van der Waals surface area contributed by atoms with Gasteiger partial charge in [-0.3, -0.25) is 14.5 Å². The van der Waals surface area contributed by atoms with Crippen molar-refractivity contribution in [3.05, 3.63) is 21.7 Å². The van der Waals surface area contributed by atoms with E-state index in [4.69, 9.17) is 53.8 Å². The number of rotatable bonds is 3. The smallest absolute Gasteiger partial charge is 0.255 e. The average Bonchev–Trinajstić information content (AvgIpc) is 2.99. The van der Waals surface area contributed by atoms with Crippen LogP contribution in [0.5, 0.6) is 0 Å². The highest BCUT2D eigenvalue weighted by Crippen LogP contribution is 2.25. The molecule has 4 aliphatic rings. The summed E-state index contributed by atoms with van der Waals surface area (Å²) in [5, 5.41) is 3.02. The molecule has 0 bridgehead atoms. The Kier molecular flexibility index (Phi) is 12.4. The van der Waals surface area contributed by atoms with E-state index in [9.17, 15) is 9.59 Å². The number of carbonyl (C=O) groups is 2. The summed E-state index contributed by atoms with van der Waals surface area (Å²) in [6.45, 7) is 6.58. The van der Waals surface area contributed by atoms with Crippen LogP contribution in [0.15, 0.2) is 0 Å². The fraction of sp³-hybridized carbons (Fsp3) is 0.652. The first kappa shape index (κ1) is 31.4. The van der Waals surface area contributed by atoms with Gasteiger partial charge < -0.3 is 29.2 Å². The summed E-state index contributed by atoms with van der Waals surface area (Å²) in [7, 11) is 0. The van der Waals surface area contributed by atoms with Gasteiger partial charge in [-0.15, -0.1) is 0 Å². The number of aromatic nitrogens is 6. The van der Waals surface area contributed by atoms with E-state index < -0.39 is 0 Å². The molecule has 4 saturated heterocycles. The monoisotopic (exact) mass is 633 g/mol. The highest BCUT2D eigenvalue weighted by atomic mass is 35.5. The number of nitrogens with one attached hydrogen (secondary N) is 1. The van der Waals surface area contributed by atoms with E-state index in [0.717, 1.165) is 26.1 Å². The lowest BCUT2D eigenvalue weighted by molar-refractivity contribution is -0.129. The normalized spacial score (nSPS) is 19.9. The predicted octanol–water partition coefficient (Wildman–Crippen LogP) is 0.930. The number of anilines is 2. The Bertz CT molecular complexity index is 1140. The second kappa shape index (κ2) is 16.2. The molecule has 18 heteroatoms. The molecule has 2 amide bonds. The van der Waals surface area contributed by atoms with Gasteiger partial charge in [0.05, 0.1) is 33.0 Å².